The summed E-state index contributed by atoms with van der Waals surface area (Å²) in [5.74, 6) is 0.375. The molecule has 6 rings (SSSR count). The number of hydrogen-bond donors (Lipinski definition) is 1. The van der Waals surface area contributed by atoms with E-state index in [1.807, 2.05) is 102 Å². The fourth-order valence-corrected chi connectivity index (χ4v) is 5.49. The number of para-hydroxylation sites is 1. The molecule has 0 unspecified atom stereocenters. The maximum absolute atomic E-state index is 14.1. The van der Waals surface area contributed by atoms with E-state index < -0.39 is 0 Å². The molecule has 1 aromatic heterocycles. The average Bonchev–Trinajstić information content (AvgIpc) is 3.33. The molecule has 0 radical (unpaired) electrons. The van der Waals surface area contributed by atoms with Gasteiger partial charge in [-0.15, -0.1) is 0 Å². The lowest BCUT2D eigenvalue weighted by Gasteiger charge is -2.23. The molecule has 0 atom stereocenters. The largest absolute Gasteiger partial charge is 0.496 e. The van der Waals surface area contributed by atoms with Crippen molar-refractivity contribution in [1.82, 2.24) is 9.88 Å². The number of rotatable bonds is 6. The van der Waals surface area contributed by atoms with Gasteiger partial charge in [-0.2, -0.15) is 0 Å². The Labute approximate surface area is 239 Å². The van der Waals surface area contributed by atoms with Gasteiger partial charge in [-0.25, -0.2) is 0 Å². The van der Waals surface area contributed by atoms with Crippen LogP contribution in [-0.2, 0) is 19.6 Å². The number of nitrogens with one attached hydrogen (secondary N) is 1. The van der Waals surface area contributed by atoms with E-state index in [0.717, 1.165) is 39.2 Å². The standard InChI is InChI=1S/C35H31N3O3/c1-24-10-6-8-14-29(24)30-18-16-26(20-33(30)41-2)35(40)38-23-28-17-19-32(34(39)36-21-25-11-4-3-5-12-25)37(28)22-27-13-7-9-15-31(27)38/h3-20H,21-23H2,1-2H3,(H,36,39). The van der Waals surface area contributed by atoms with Crippen molar-refractivity contribution in [2.45, 2.75) is 26.6 Å². The highest BCUT2D eigenvalue weighted by atomic mass is 16.5. The smallest absolute Gasteiger partial charge is 0.268 e. The Morgan fingerprint density at radius 3 is 2.37 bits per heavy atom. The summed E-state index contributed by atoms with van der Waals surface area (Å²) in [6.07, 6.45) is 0. The number of hydrogen-bond acceptors (Lipinski definition) is 3. The van der Waals surface area contributed by atoms with Gasteiger partial charge in [0.1, 0.15) is 11.4 Å². The SMILES string of the molecule is COc1cc(C(=O)N2Cc3ccc(C(=O)NCc4ccccc4)n3Cc3ccccc32)ccc1-c1ccccc1C. The Morgan fingerprint density at radius 1 is 0.805 bits per heavy atom. The number of benzene rings is 4. The highest BCUT2D eigenvalue weighted by Gasteiger charge is 2.28. The third kappa shape index (κ3) is 5.12. The van der Waals surface area contributed by atoms with E-state index in [1.54, 1.807) is 12.0 Å². The zero-order chi connectivity index (χ0) is 28.3. The maximum atomic E-state index is 14.1. The summed E-state index contributed by atoms with van der Waals surface area (Å²) in [6.45, 7) is 3.34. The molecule has 204 valence electrons. The Hall–Kier alpha value is -5.10. The zero-order valence-electron chi connectivity index (χ0n) is 23.1. The number of carbonyl (C=O) groups is 2. The molecule has 1 N–H and O–H groups in total. The zero-order valence-corrected chi connectivity index (χ0v) is 23.1. The first kappa shape index (κ1) is 26.1. The van der Waals surface area contributed by atoms with Gasteiger partial charge in [-0.05, 0) is 65.6 Å². The van der Waals surface area contributed by atoms with Crippen LogP contribution in [0.2, 0.25) is 0 Å². The van der Waals surface area contributed by atoms with Gasteiger partial charge in [0.2, 0.25) is 0 Å². The third-order valence-corrected chi connectivity index (χ3v) is 7.66. The summed E-state index contributed by atoms with van der Waals surface area (Å²) in [6, 6.07) is 35.3. The number of amides is 2. The molecule has 0 saturated carbocycles. The van der Waals surface area contributed by atoms with Crippen molar-refractivity contribution in [2.24, 2.45) is 0 Å². The van der Waals surface area contributed by atoms with Crippen LogP contribution >= 0.6 is 0 Å². The van der Waals surface area contributed by atoms with Crippen molar-refractivity contribution in [3.63, 3.8) is 0 Å². The predicted molar refractivity (Wildman–Crippen MR) is 161 cm³/mol. The van der Waals surface area contributed by atoms with Crippen molar-refractivity contribution in [1.29, 1.82) is 0 Å². The van der Waals surface area contributed by atoms with Crippen LogP contribution < -0.4 is 15.0 Å². The van der Waals surface area contributed by atoms with Crippen LogP contribution in [-0.4, -0.2) is 23.5 Å². The molecule has 0 fully saturated rings. The first-order valence-corrected chi connectivity index (χ1v) is 13.7. The van der Waals surface area contributed by atoms with Crippen molar-refractivity contribution >= 4 is 17.5 Å². The van der Waals surface area contributed by atoms with E-state index in [4.69, 9.17) is 4.74 Å². The second kappa shape index (κ2) is 11.2. The summed E-state index contributed by atoms with van der Waals surface area (Å²) < 4.78 is 7.76. The molecule has 6 nitrogen and oxygen atoms in total. The Balaban J connectivity index is 1.32. The van der Waals surface area contributed by atoms with Crippen molar-refractivity contribution in [3.8, 4) is 16.9 Å². The van der Waals surface area contributed by atoms with E-state index in [9.17, 15) is 9.59 Å². The molecule has 1 aliphatic heterocycles. The number of anilines is 1. The summed E-state index contributed by atoms with van der Waals surface area (Å²) in [5.41, 5.74) is 7.99. The van der Waals surface area contributed by atoms with Gasteiger partial charge in [-0.1, -0.05) is 72.8 Å². The minimum atomic E-state index is -0.145. The van der Waals surface area contributed by atoms with E-state index in [0.29, 0.717) is 36.6 Å². The third-order valence-electron chi connectivity index (χ3n) is 7.66. The maximum Gasteiger partial charge on any atom is 0.268 e. The first-order chi connectivity index (χ1) is 20.0. The molecule has 2 amide bonds. The van der Waals surface area contributed by atoms with Crippen LogP contribution in [0.1, 0.15) is 43.2 Å². The molecule has 2 heterocycles. The molecule has 0 aliphatic carbocycles. The van der Waals surface area contributed by atoms with Gasteiger partial charge < -0.3 is 19.5 Å². The van der Waals surface area contributed by atoms with E-state index in [2.05, 4.69) is 24.4 Å². The highest BCUT2D eigenvalue weighted by Crippen LogP contribution is 2.35. The van der Waals surface area contributed by atoms with Gasteiger partial charge in [0, 0.05) is 29.1 Å². The molecule has 6 heteroatoms. The van der Waals surface area contributed by atoms with Crippen molar-refractivity contribution < 1.29 is 14.3 Å². The molecule has 1 aliphatic rings. The lowest BCUT2D eigenvalue weighted by molar-refractivity contribution is 0.0941. The molecular formula is C35H31N3O3. The van der Waals surface area contributed by atoms with Crippen LogP contribution in [0.25, 0.3) is 11.1 Å². The monoisotopic (exact) mass is 541 g/mol. The van der Waals surface area contributed by atoms with Crippen LogP contribution in [0.5, 0.6) is 5.75 Å². The van der Waals surface area contributed by atoms with Gasteiger partial charge in [0.05, 0.1) is 20.2 Å². The Morgan fingerprint density at radius 2 is 1.56 bits per heavy atom. The number of fused-ring (bicyclic) bond motifs is 2. The van der Waals surface area contributed by atoms with Gasteiger partial charge >= 0.3 is 0 Å². The minimum Gasteiger partial charge on any atom is -0.496 e. The summed E-state index contributed by atoms with van der Waals surface area (Å²) in [7, 11) is 1.63. The summed E-state index contributed by atoms with van der Waals surface area (Å²) in [5, 5.41) is 3.04. The Bertz CT molecular complexity index is 1740. The first-order valence-electron chi connectivity index (χ1n) is 13.7. The van der Waals surface area contributed by atoms with Gasteiger partial charge in [-0.3, -0.25) is 9.59 Å². The average molecular weight is 542 g/mol. The van der Waals surface area contributed by atoms with Gasteiger partial charge in [0.25, 0.3) is 11.8 Å². The van der Waals surface area contributed by atoms with Crippen LogP contribution in [0, 0.1) is 6.92 Å². The molecule has 4 aromatic carbocycles. The van der Waals surface area contributed by atoms with E-state index >= 15 is 0 Å². The highest BCUT2D eigenvalue weighted by molar-refractivity contribution is 6.07. The fraction of sp³-hybridized carbons (Fsp3) is 0.143. The van der Waals surface area contributed by atoms with Crippen molar-refractivity contribution in [2.75, 3.05) is 12.0 Å². The number of aromatic nitrogens is 1. The molecule has 0 bridgehead atoms. The van der Waals surface area contributed by atoms with E-state index in [1.165, 1.54) is 0 Å². The number of nitrogens with zero attached hydrogens (tertiary/aromatic N) is 2. The van der Waals surface area contributed by atoms with Crippen LogP contribution in [0.15, 0.2) is 109 Å². The summed E-state index contributed by atoms with van der Waals surface area (Å²) >= 11 is 0. The van der Waals surface area contributed by atoms with E-state index in [-0.39, 0.29) is 11.8 Å². The fourth-order valence-electron chi connectivity index (χ4n) is 5.49. The normalized spacial score (nSPS) is 12.2. The second-order valence-corrected chi connectivity index (χ2v) is 10.2. The topological polar surface area (TPSA) is 63.6 Å². The number of aryl methyl sites for hydroxylation is 1. The lowest BCUT2D eigenvalue weighted by atomic mass is 9.98. The summed E-state index contributed by atoms with van der Waals surface area (Å²) in [4.78, 5) is 29.1. The lowest BCUT2D eigenvalue weighted by Crippen LogP contribution is -2.30. The van der Waals surface area contributed by atoms with Crippen molar-refractivity contribution in [3.05, 3.63) is 143 Å². The molecule has 41 heavy (non-hydrogen) atoms. The van der Waals surface area contributed by atoms with Gasteiger partial charge in [0.15, 0.2) is 0 Å². The Kier molecular flexibility index (Phi) is 7.13. The predicted octanol–water partition coefficient (Wildman–Crippen LogP) is 6.61. The molecular weight excluding hydrogens is 510 g/mol. The number of methoxy groups -OCH3 is 1. The second-order valence-electron chi connectivity index (χ2n) is 10.2. The number of carbonyl (C=O) groups excluding carboxylic acids is 2. The van der Waals surface area contributed by atoms with Crippen LogP contribution in [0.3, 0.4) is 0 Å². The quantitative estimate of drug-likeness (QED) is 0.263. The molecule has 0 saturated heterocycles. The number of ether oxygens (including phenoxy) is 1. The molecule has 0 spiro atoms. The minimum absolute atomic E-state index is 0.128. The van der Waals surface area contributed by atoms with Crippen LogP contribution in [0.4, 0.5) is 5.69 Å². The molecule has 5 aromatic rings.